The van der Waals surface area contributed by atoms with Gasteiger partial charge in [-0.05, 0) is 26.3 Å². The van der Waals surface area contributed by atoms with E-state index in [4.69, 9.17) is 21.7 Å². The highest BCUT2D eigenvalue weighted by Gasteiger charge is 2.28. The van der Waals surface area contributed by atoms with Crippen molar-refractivity contribution in [3.63, 3.8) is 0 Å². The van der Waals surface area contributed by atoms with Crippen molar-refractivity contribution in [2.75, 3.05) is 13.1 Å². The summed E-state index contributed by atoms with van der Waals surface area (Å²) in [6, 6.07) is -4.03. The van der Waals surface area contributed by atoms with E-state index in [9.17, 15) is 29.1 Å². The Morgan fingerprint density at radius 1 is 1.00 bits per heavy atom. The second kappa shape index (κ2) is 13.4. The highest BCUT2D eigenvalue weighted by molar-refractivity contribution is 5.94. The summed E-state index contributed by atoms with van der Waals surface area (Å²) in [4.78, 5) is 57.9. The molecule has 4 unspecified atom stereocenters. The third kappa shape index (κ3) is 11.0. The van der Waals surface area contributed by atoms with Crippen molar-refractivity contribution in [2.45, 2.75) is 56.8 Å². The van der Waals surface area contributed by atoms with Gasteiger partial charge in [-0.2, -0.15) is 0 Å². The van der Waals surface area contributed by atoms with Crippen molar-refractivity contribution < 1.29 is 39.3 Å². The van der Waals surface area contributed by atoms with Gasteiger partial charge in [0.2, 0.25) is 17.7 Å². The number of carbonyl (C=O) groups excluding carboxylic acids is 3. The van der Waals surface area contributed by atoms with Crippen LogP contribution in [0.4, 0.5) is 0 Å². The average molecular weight is 419 g/mol. The van der Waals surface area contributed by atoms with Gasteiger partial charge in [-0.15, -0.1) is 0 Å². The Kier molecular flexibility index (Phi) is 12.1. The van der Waals surface area contributed by atoms with Gasteiger partial charge in [0.25, 0.3) is 0 Å². The van der Waals surface area contributed by atoms with Gasteiger partial charge in [0, 0.05) is 0 Å². The molecule has 0 spiro atoms. The number of carboxylic acids is 2. The summed E-state index contributed by atoms with van der Waals surface area (Å²) in [5.41, 5.74) is 11.0. The zero-order chi connectivity index (χ0) is 22.6. The van der Waals surface area contributed by atoms with E-state index in [2.05, 4.69) is 10.6 Å². The Labute approximate surface area is 167 Å². The number of amides is 3. The van der Waals surface area contributed by atoms with Gasteiger partial charge in [-0.1, -0.05) is 6.42 Å². The first-order chi connectivity index (χ1) is 13.5. The maximum Gasteiger partial charge on any atom is 0.328 e. The Morgan fingerprint density at radius 2 is 1.62 bits per heavy atom. The van der Waals surface area contributed by atoms with E-state index in [0.29, 0.717) is 25.8 Å². The molecule has 0 aromatic rings. The molecule has 0 fully saturated rings. The highest BCUT2D eigenvalue weighted by Crippen LogP contribution is 2.01. The van der Waals surface area contributed by atoms with Crippen LogP contribution in [0.25, 0.3) is 0 Å². The molecule has 0 saturated carbocycles. The molecule has 0 bridgehead atoms. The van der Waals surface area contributed by atoms with Crippen LogP contribution in [0.5, 0.6) is 0 Å². The summed E-state index contributed by atoms with van der Waals surface area (Å²) in [6.45, 7) is 0.898. The lowest BCUT2D eigenvalue weighted by atomic mass is 10.1. The first-order valence-electron chi connectivity index (χ1n) is 8.95. The topological polar surface area (TPSA) is 234 Å². The third-order valence-electron chi connectivity index (χ3n) is 3.81. The zero-order valence-corrected chi connectivity index (χ0v) is 16.1. The molecular formula is C16H29N5O8. The van der Waals surface area contributed by atoms with Crippen LogP contribution in [0, 0.1) is 0 Å². The molecule has 4 atom stereocenters. The van der Waals surface area contributed by atoms with Crippen molar-refractivity contribution in [3.05, 3.63) is 0 Å². The summed E-state index contributed by atoms with van der Waals surface area (Å²) < 4.78 is 0. The lowest BCUT2D eigenvalue weighted by Crippen LogP contribution is -2.55. The molecule has 0 heterocycles. The molecule has 0 aromatic carbocycles. The number of rotatable bonds is 14. The predicted octanol–water partition coefficient (Wildman–Crippen LogP) is -3.53. The Morgan fingerprint density at radius 3 is 2.10 bits per heavy atom. The Bertz CT molecular complexity index is 598. The third-order valence-corrected chi connectivity index (χ3v) is 3.81. The minimum atomic E-state index is -1.58. The number of nitrogens with two attached hydrogens (primary N) is 2. The molecule has 0 aliphatic carbocycles. The van der Waals surface area contributed by atoms with Crippen LogP contribution < -0.4 is 27.4 Å². The molecule has 10 N–H and O–H groups in total. The van der Waals surface area contributed by atoms with Gasteiger partial charge >= 0.3 is 11.9 Å². The van der Waals surface area contributed by atoms with Crippen molar-refractivity contribution in [3.8, 4) is 0 Å². The van der Waals surface area contributed by atoms with Crippen LogP contribution in [0.1, 0.15) is 32.6 Å². The standard InChI is InChI=1S/C16H29N5O8/c1-8(22)13(16(28)29)21-11(23)7-19-15(27)10(6-12(24)25)20-14(26)9(18)4-2-3-5-17/h8-10,13,22H,2-7,17-18H2,1H3,(H,19,27)(H,20,26)(H,21,23)(H,24,25)(H,28,29). The predicted molar refractivity (Wildman–Crippen MR) is 99.3 cm³/mol. The first-order valence-corrected chi connectivity index (χ1v) is 8.95. The molecule has 13 nitrogen and oxygen atoms in total. The summed E-state index contributed by atoms with van der Waals surface area (Å²) in [7, 11) is 0. The number of hydrogen-bond donors (Lipinski definition) is 8. The van der Waals surface area contributed by atoms with Crippen molar-refractivity contribution in [2.24, 2.45) is 11.5 Å². The second-order valence-electron chi connectivity index (χ2n) is 6.39. The van der Waals surface area contributed by atoms with Gasteiger partial charge in [0.15, 0.2) is 6.04 Å². The van der Waals surface area contributed by atoms with E-state index >= 15 is 0 Å². The summed E-state index contributed by atoms with van der Waals surface area (Å²) >= 11 is 0. The summed E-state index contributed by atoms with van der Waals surface area (Å²) in [6.07, 6.45) is -0.608. The van der Waals surface area contributed by atoms with E-state index in [-0.39, 0.29) is 0 Å². The lowest BCUT2D eigenvalue weighted by molar-refractivity contribution is -0.145. The molecule has 0 radical (unpaired) electrons. The summed E-state index contributed by atoms with van der Waals surface area (Å²) in [5, 5.41) is 33.5. The smallest absolute Gasteiger partial charge is 0.328 e. The maximum absolute atomic E-state index is 12.2. The SMILES string of the molecule is CC(O)C(NC(=O)CNC(=O)C(CC(=O)O)NC(=O)C(N)CCCCN)C(=O)O. The van der Waals surface area contributed by atoms with Crippen molar-refractivity contribution in [1.82, 2.24) is 16.0 Å². The van der Waals surface area contributed by atoms with E-state index < -0.39 is 66.9 Å². The van der Waals surface area contributed by atoms with Crippen LogP contribution in [0.15, 0.2) is 0 Å². The van der Waals surface area contributed by atoms with Crippen LogP contribution in [0.3, 0.4) is 0 Å². The van der Waals surface area contributed by atoms with Gasteiger partial charge < -0.3 is 42.7 Å². The minimum Gasteiger partial charge on any atom is -0.481 e. The molecule has 3 amide bonds. The lowest BCUT2D eigenvalue weighted by Gasteiger charge is -2.20. The van der Waals surface area contributed by atoms with Crippen LogP contribution in [-0.2, 0) is 24.0 Å². The van der Waals surface area contributed by atoms with Gasteiger partial charge in [-0.25, -0.2) is 4.79 Å². The van der Waals surface area contributed by atoms with Gasteiger partial charge in [-0.3, -0.25) is 19.2 Å². The number of aliphatic carboxylic acids is 2. The molecule has 0 saturated heterocycles. The fourth-order valence-electron chi connectivity index (χ4n) is 2.21. The van der Waals surface area contributed by atoms with Crippen LogP contribution >= 0.6 is 0 Å². The fraction of sp³-hybridized carbons (Fsp3) is 0.688. The number of hydrogen-bond acceptors (Lipinski definition) is 8. The molecule has 0 aliphatic rings. The second-order valence-corrected chi connectivity index (χ2v) is 6.39. The summed E-state index contributed by atoms with van der Waals surface area (Å²) in [5.74, 6) is -5.46. The number of carboxylic acid groups (broad SMARTS) is 2. The molecule has 0 rings (SSSR count). The fourth-order valence-corrected chi connectivity index (χ4v) is 2.21. The number of aliphatic hydroxyl groups is 1. The van der Waals surface area contributed by atoms with Crippen LogP contribution in [0.2, 0.25) is 0 Å². The largest absolute Gasteiger partial charge is 0.481 e. The first kappa shape index (κ1) is 26.2. The molecule has 0 aliphatic heterocycles. The molecular weight excluding hydrogens is 390 g/mol. The molecule has 0 aromatic heterocycles. The number of aliphatic hydroxyl groups excluding tert-OH is 1. The molecule has 29 heavy (non-hydrogen) atoms. The highest BCUT2D eigenvalue weighted by atomic mass is 16.4. The van der Waals surface area contributed by atoms with Gasteiger partial charge in [0.05, 0.1) is 25.1 Å². The van der Waals surface area contributed by atoms with Crippen LogP contribution in [-0.4, -0.2) is 82.3 Å². The van der Waals surface area contributed by atoms with Crippen molar-refractivity contribution >= 4 is 29.7 Å². The van der Waals surface area contributed by atoms with Gasteiger partial charge in [0.1, 0.15) is 6.04 Å². The normalized spacial score (nSPS) is 14.8. The van der Waals surface area contributed by atoms with E-state index in [1.807, 2.05) is 5.32 Å². The Hall–Kier alpha value is -2.77. The van der Waals surface area contributed by atoms with E-state index in [1.54, 1.807) is 0 Å². The molecule has 13 heteroatoms. The Balaban J connectivity index is 4.79. The van der Waals surface area contributed by atoms with Crippen molar-refractivity contribution in [1.29, 1.82) is 0 Å². The minimum absolute atomic E-state index is 0.294. The molecule has 166 valence electrons. The number of unbranched alkanes of at least 4 members (excludes halogenated alkanes) is 1. The number of nitrogens with one attached hydrogen (secondary N) is 3. The average Bonchev–Trinajstić information content (AvgIpc) is 2.62. The zero-order valence-electron chi connectivity index (χ0n) is 16.1. The maximum atomic E-state index is 12.2. The quantitative estimate of drug-likeness (QED) is 0.129. The van der Waals surface area contributed by atoms with E-state index in [0.717, 1.165) is 6.92 Å². The monoisotopic (exact) mass is 419 g/mol. The number of carbonyl (C=O) groups is 5. The van der Waals surface area contributed by atoms with E-state index in [1.165, 1.54) is 0 Å².